The molecule has 2 N–H and O–H groups in total. The number of rotatable bonds is 9. The van der Waals surface area contributed by atoms with Gasteiger partial charge in [0, 0.05) is 0 Å². The largest absolute Gasteiger partial charge is 0.393 e. The van der Waals surface area contributed by atoms with E-state index in [1.807, 2.05) is 19.9 Å². The van der Waals surface area contributed by atoms with E-state index in [1.165, 1.54) is 25.7 Å². The normalized spacial score (nSPS) is 38.1. The topological polar surface area (TPSA) is 74.6 Å². The van der Waals surface area contributed by atoms with E-state index in [9.17, 15) is 18.6 Å². The van der Waals surface area contributed by atoms with Crippen LogP contribution in [0.3, 0.4) is 0 Å². The molecule has 3 fully saturated rings. The summed E-state index contributed by atoms with van der Waals surface area (Å²) >= 11 is 0. The SMILES string of the molecule is CC[C@]1(O)CC[C@H]2C(=CC[C@@H]3[C@@H]2CC[C@]2(C)[C@@H]([C@H](C)CC(C[C@@H](O)C(C)C)S(=O)(=O)c4ccccc4)CC[C@@H]32)C1. The minimum atomic E-state index is -3.54. The van der Waals surface area contributed by atoms with Crippen LogP contribution in [-0.2, 0) is 9.84 Å². The van der Waals surface area contributed by atoms with Gasteiger partial charge in [-0.1, -0.05) is 64.5 Å². The molecular weight excluding hydrogens is 516 g/mol. The molecule has 0 bridgehead atoms. The van der Waals surface area contributed by atoms with Crippen LogP contribution in [0.5, 0.6) is 0 Å². The van der Waals surface area contributed by atoms with Crippen molar-refractivity contribution in [3.63, 3.8) is 0 Å². The lowest BCUT2D eigenvalue weighted by Crippen LogP contribution is -2.48. The second kappa shape index (κ2) is 11.5. The number of aliphatic hydroxyl groups excluding tert-OH is 1. The Balaban J connectivity index is 1.34. The summed E-state index contributed by atoms with van der Waals surface area (Å²) < 4.78 is 27.7. The van der Waals surface area contributed by atoms with E-state index in [-0.39, 0.29) is 11.3 Å². The third-order valence-electron chi connectivity index (χ3n) is 12.4. The maximum absolute atomic E-state index is 13.9. The summed E-state index contributed by atoms with van der Waals surface area (Å²) in [5, 5.41) is 21.2. The number of fused-ring (bicyclic) bond motifs is 5. The molecule has 0 heterocycles. The molecule has 3 saturated carbocycles. The summed E-state index contributed by atoms with van der Waals surface area (Å²) in [6.07, 6.45) is 12.7. The van der Waals surface area contributed by atoms with Gasteiger partial charge >= 0.3 is 0 Å². The predicted molar refractivity (Wildman–Crippen MR) is 162 cm³/mol. The van der Waals surface area contributed by atoms with Crippen molar-refractivity contribution in [1.82, 2.24) is 0 Å². The van der Waals surface area contributed by atoms with Crippen LogP contribution in [0.25, 0.3) is 0 Å². The zero-order chi connectivity index (χ0) is 28.9. The first-order chi connectivity index (χ1) is 18.9. The molecule has 0 aliphatic heterocycles. The van der Waals surface area contributed by atoms with Crippen molar-refractivity contribution in [2.45, 2.75) is 127 Å². The van der Waals surface area contributed by atoms with Crippen LogP contribution in [0.2, 0.25) is 0 Å². The van der Waals surface area contributed by atoms with Crippen molar-refractivity contribution in [2.24, 2.45) is 46.8 Å². The van der Waals surface area contributed by atoms with Gasteiger partial charge in [0.15, 0.2) is 9.84 Å². The van der Waals surface area contributed by atoms with Gasteiger partial charge in [-0.15, -0.1) is 0 Å². The van der Waals surface area contributed by atoms with E-state index < -0.39 is 26.8 Å². The Morgan fingerprint density at radius 2 is 1.70 bits per heavy atom. The average molecular weight is 571 g/mol. The number of benzene rings is 1. The Morgan fingerprint density at radius 1 is 0.975 bits per heavy atom. The highest BCUT2D eigenvalue weighted by Gasteiger charge is 2.57. The summed E-state index contributed by atoms with van der Waals surface area (Å²) in [5.74, 6) is 3.68. The standard InChI is InChI=1S/C35H54O4S/c1-6-35(37)19-17-28-25(22-35)12-13-30-29(28)16-18-34(5)31(14-15-32(30)34)24(4)20-27(21-33(36)23(2)3)40(38,39)26-10-8-7-9-11-26/h7-12,23-24,27-33,36-37H,6,13-22H2,1-5H3/t24-,27?,28+,29-,30-,31-,32+,33-,34-,35+/m1/s1. The van der Waals surface area contributed by atoms with E-state index in [2.05, 4.69) is 26.8 Å². The predicted octanol–water partition coefficient (Wildman–Crippen LogP) is 7.59. The summed E-state index contributed by atoms with van der Waals surface area (Å²) in [5.41, 5.74) is 1.30. The van der Waals surface area contributed by atoms with Crippen LogP contribution in [0.1, 0.15) is 105 Å². The Labute approximate surface area is 244 Å². The monoisotopic (exact) mass is 570 g/mol. The highest BCUT2D eigenvalue weighted by Crippen LogP contribution is 2.65. The molecule has 1 aromatic rings. The molecular formula is C35H54O4S. The quantitative estimate of drug-likeness (QED) is 0.300. The van der Waals surface area contributed by atoms with Crippen LogP contribution in [0.4, 0.5) is 0 Å². The van der Waals surface area contributed by atoms with Crippen LogP contribution < -0.4 is 0 Å². The molecule has 1 unspecified atom stereocenters. The van der Waals surface area contributed by atoms with Gasteiger partial charge in [0.2, 0.25) is 0 Å². The Hall–Kier alpha value is -1.17. The molecule has 1 aromatic carbocycles. The average Bonchev–Trinajstić information content (AvgIpc) is 3.30. The number of sulfone groups is 1. The Morgan fingerprint density at radius 3 is 2.38 bits per heavy atom. The maximum Gasteiger partial charge on any atom is 0.181 e. The van der Waals surface area contributed by atoms with E-state index in [1.54, 1.807) is 29.8 Å². The molecule has 10 atom stereocenters. The first-order valence-electron chi connectivity index (χ1n) is 16.3. The van der Waals surface area contributed by atoms with Crippen molar-refractivity contribution < 1.29 is 18.6 Å². The van der Waals surface area contributed by atoms with E-state index in [4.69, 9.17) is 0 Å². The fraction of sp³-hybridized carbons (Fsp3) is 0.771. The molecule has 0 radical (unpaired) electrons. The second-order valence-corrected chi connectivity index (χ2v) is 17.0. The molecule has 4 aliphatic carbocycles. The molecule has 0 amide bonds. The van der Waals surface area contributed by atoms with Gasteiger partial charge in [0.25, 0.3) is 0 Å². The molecule has 5 heteroatoms. The molecule has 0 saturated heterocycles. The zero-order valence-corrected chi connectivity index (χ0v) is 26.4. The smallest absolute Gasteiger partial charge is 0.181 e. The third kappa shape index (κ3) is 5.49. The fourth-order valence-corrected chi connectivity index (χ4v) is 11.8. The number of hydrogen-bond donors (Lipinski definition) is 2. The number of hydrogen-bond acceptors (Lipinski definition) is 4. The van der Waals surface area contributed by atoms with E-state index in [0.29, 0.717) is 41.4 Å². The lowest BCUT2D eigenvalue weighted by molar-refractivity contribution is -0.0461. The van der Waals surface area contributed by atoms with E-state index >= 15 is 0 Å². The minimum absolute atomic E-state index is 0.0322. The lowest BCUT2D eigenvalue weighted by Gasteiger charge is -2.55. The van der Waals surface area contributed by atoms with Crippen molar-refractivity contribution in [1.29, 1.82) is 0 Å². The molecule has 224 valence electrons. The first kappa shape index (κ1) is 30.3. The highest BCUT2D eigenvalue weighted by molar-refractivity contribution is 7.92. The minimum Gasteiger partial charge on any atom is -0.393 e. The third-order valence-corrected chi connectivity index (χ3v) is 14.6. The van der Waals surface area contributed by atoms with Crippen LogP contribution in [-0.4, -0.2) is 35.6 Å². The molecule has 4 nitrogen and oxygen atoms in total. The molecule has 5 rings (SSSR count). The number of allylic oxidation sites excluding steroid dienone is 1. The first-order valence-corrected chi connectivity index (χ1v) is 17.8. The van der Waals surface area contributed by atoms with Gasteiger partial charge in [-0.3, -0.25) is 0 Å². The van der Waals surface area contributed by atoms with Gasteiger partial charge in [0.05, 0.1) is 21.9 Å². The number of aliphatic hydroxyl groups is 2. The van der Waals surface area contributed by atoms with Crippen molar-refractivity contribution >= 4 is 9.84 Å². The summed E-state index contributed by atoms with van der Waals surface area (Å²) in [6.45, 7) is 10.9. The van der Waals surface area contributed by atoms with Gasteiger partial charge in [-0.25, -0.2) is 8.42 Å². The molecule has 0 aromatic heterocycles. The van der Waals surface area contributed by atoms with Crippen LogP contribution >= 0.6 is 0 Å². The summed E-state index contributed by atoms with van der Waals surface area (Å²) in [7, 11) is -3.54. The van der Waals surface area contributed by atoms with Gasteiger partial charge in [-0.2, -0.15) is 0 Å². The van der Waals surface area contributed by atoms with Gasteiger partial charge in [-0.05, 0) is 130 Å². The van der Waals surface area contributed by atoms with Gasteiger partial charge in [0.1, 0.15) is 0 Å². The molecule has 4 aliphatic rings. The molecule has 40 heavy (non-hydrogen) atoms. The van der Waals surface area contributed by atoms with Crippen molar-refractivity contribution in [3.8, 4) is 0 Å². The summed E-state index contributed by atoms with van der Waals surface area (Å²) in [6, 6.07) is 8.87. The molecule has 0 spiro atoms. The lowest BCUT2D eigenvalue weighted by atomic mass is 9.50. The summed E-state index contributed by atoms with van der Waals surface area (Å²) in [4.78, 5) is 0.381. The van der Waals surface area contributed by atoms with Gasteiger partial charge < -0.3 is 10.2 Å². The maximum atomic E-state index is 13.9. The van der Waals surface area contributed by atoms with E-state index in [0.717, 1.165) is 43.9 Å². The highest BCUT2D eigenvalue weighted by atomic mass is 32.2. The zero-order valence-electron chi connectivity index (χ0n) is 25.6. The fourth-order valence-electron chi connectivity index (χ4n) is 9.91. The van der Waals surface area contributed by atoms with Crippen molar-refractivity contribution in [3.05, 3.63) is 42.0 Å². The Bertz CT molecular complexity index is 1160. The Kier molecular flexibility index (Phi) is 8.70. The van der Waals surface area contributed by atoms with Crippen molar-refractivity contribution in [2.75, 3.05) is 0 Å². The second-order valence-electron chi connectivity index (χ2n) is 14.8. The van der Waals surface area contributed by atoms with Crippen LogP contribution in [0.15, 0.2) is 46.9 Å². The van der Waals surface area contributed by atoms with Crippen LogP contribution in [0, 0.1) is 46.8 Å².